The van der Waals surface area contributed by atoms with Crippen molar-refractivity contribution < 1.29 is 0 Å². The topological polar surface area (TPSA) is 28.7 Å². The molecule has 50 valence electrons. The van der Waals surface area contributed by atoms with Crippen LogP contribution >= 0.6 is 15.9 Å². The summed E-state index contributed by atoms with van der Waals surface area (Å²) in [6.45, 7) is 0. The van der Waals surface area contributed by atoms with Crippen molar-refractivity contribution in [2.45, 2.75) is 0 Å². The Hall–Kier alpha value is -0.830. The predicted octanol–water partition coefficient (Wildman–Crippen LogP) is 2.33. The van der Waals surface area contributed by atoms with Gasteiger partial charge in [-0.2, -0.15) is 0 Å². The number of aromatic amines is 1. The second-order valence-electron chi connectivity index (χ2n) is 2.07. The summed E-state index contributed by atoms with van der Waals surface area (Å²) in [5.41, 5.74) is 1.07. The zero-order chi connectivity index (χ0) is 6.97. The van der Waals surface area contributed by atoms with Gasteiger partial charge >= 0.3 is 0 Å². The molecule has 0 amide bonds. The smallest absolute Gasteiger partial charge is 0.106 e. The Morgan fingerprint density at radius 1 is 1.50 bits per heavy atom. The third-order valence-electron chi connectivity index (χ3n) is 1.40. The van der Waals surface area contributed by atoms with Gasteiger partial charge < -0.3 is 4.98 Å². The molecule has 0 aromatic carbocycles. The molecule has 0 saturated heterocycles. The minimum atomic E-state index is 0.875. The summed E-state index contributed by atoms with van der Waals surface area (Å²) in [7, 11) is 0. The van der Waals surface area contributed by atoms with Crippen molar-refractivity contribution >= 4 is 26.8 Å². The second-order valence-corrected chi connectivity index (χ2v) is 2.88. The van der Waals surface area contributed by atoms with Crippen molar-refractivity contribution in [3.05, 3.63) is 29.1 Å². The lowest BCUT2D eigenvalue weighted by Gasteiger charge is -1.88. The Morgan fingerprint density at radius 2 is 2.40 bits per heavy atom. The van der Waals surface area contributed by atoms with Crippen LogP contribution in [0.4, 0.5) is 0 Å². The highest BCUT2D eigenvalue weighted by molar-refractivity contribution is 9.10. The zero-order valence-electron chi connectivity index (χ0n) is 5.13. The Bertz CT molecular complexity index is 353. The quantitative estimate of drug-likeness (QED) is 0.645. The molecule has 0 atom stereocenters. The van der Waals surface area contributed by atoms with Crippen molar-refractivity contribution in [2.75, 3.05) is 0 Å². The first-order valence-electron chi connectivity index (χ1n) is 2.95. The van der Waals surface area contributed by atoms with Gasteiger partial charge in [0.1, 0.15) is 4.60 Å². The Morgan fingerprint density at radius 3 is 3.30 bits per heavy atom. The molecule has 2 aromatic rings. The highest BCUT2D eigenvalue weighted by atomic mass is 79.9. The third kappa shape index (κ3) is 0.827. The average Bonchev–Trinajstić information content (AvgIpc) is 2.33. The molecule has 0 bridgehead atoms. The number of hydrogen-bond acceptors (Lipinski definition) is 1. The highest BCUT2D eigenvalue weighted by Crippen LogP contribution is 2.14. The van der Waals surface area contributed by atoms with Crippen molar-refractivity contribution in [3.8, 4) is 0 Å². The first-order chi connectivity index (χ1) is 4.86. The van der Waals surface area contributed by atoms with Gasteiger partial charge in [-0.15, -0.1) is 0 Å². The summed E-state index contributed by atoms with van der Waals surface area (Å²) in [5.74, 6) is 0. The van der Waals surface area contributed by atoms with E-state index >= 15 is 0 Å². The number of hydrogen-bond donors (Lipinski definition) is 1. The van der Waals surface area contributed by atoms with Gasteiger partial charge in [-0.05, 0) is 28.1 Å². The van der Waals surface area contributed by atoms with Crippen LogP contribution in [-0.4, -0.2) is 9.97 Å². The predicted molar refractivity (Wildman–Crippen MR) is 43.8 cm³/mol. The molecule has 2 nitrogen and oxygen atoms in total. The molecule has 0 aliphatic heterocycles. The molecule has 0 fully saturated rings. The zero-order valence-corrected chi connectivity index (χ0v) is 6.72. The van der Waals surface area contributed by atoms with E-state index in [1.54, 1.807) is 6.20 Å². The molecule has 3 heteroatoms. The lowest BCUT2D eigenvalue weighted by molar-refractivity contribution is 1.29. The molecule has 1 N–H and O–H groups in total. The number of fused-ring (bicyclic) bond motifs is 1. The fourth-order valence-corrected chi connectivity index (χ4v) is 1.27. The molecule has 0 spiro atoms. The van der Waals surface area contributed by atoms with E-state index in [1.165, 1.54) is 5.39 Å². The van der Waals surface area contributed by atoms with Crippen LogP contribution in [0.15, 0.2) is 29.1 Å². The summed E-state index contributed by atoms with van der Waals surface area (Å²) >= 11 is 3.29. The van der Waals surface area contributed by atoms with Gasteiger partial charge in [-0.3, -0.25) is 0 Å². The normalized spacial score (nSPS) is 10.5. The summed E-state index contributed by atoms with van der Waals surface area (Å²) in [6.07, 6.45) is 3.71. The van der Waals surface area contributed by atoms with Gasteiger partial charge in [-0.25, -0.2) is 4.98 Å². The van der Waals surface area contributed by atoms with Crippen LogP contribution < -0.4 is 0 Å². The molecule has 0 aliphatic carbocycles. The molecule has 0 radical (unpaired) electrons. The number of aromatic nitrogens is 2. The average molecular weight is 197 g/mol. The van der Waals surface area contributed by atoms with E-state index in [-0.39, 0.29) is 0 Å². The number of nitrogens with one attached hydrogen (secondary N) is 1. The van der Waals surface area contributed by atoms with E-state index in [9.17, 15) is 0 Å². The minimum absolute atomic E-state index is 0.875. The van der Waals surface area contributed by atoms with Crippen LogP contribution in [0.5, 0.6) is 0 Å². The molecule has 2 aromatic heterocycles. The van der Waals surface area contributed by atoms with E-state index < -0.39 is 0 Å². The number of halogens is 1. The van der Waals surface area contributed by atoms with Crippen molar-refractivity contribution in [2.24, 2.45) is 0 Å². The summed E-state index contributed by atoms with van der Waals surface area (Å²) < 4.78 is 0.875. The van der Waals surface area contributed by atoms with Gasteiger partial charge in [0, 0.05) is 11.6 Å². The van der Waals surface area contributed by atoms with Crippen LogP contribution in [0.1, 0.15) is 0 Å². The molecule has 0 aliphatic rings. The maximum atomic E-state index is 4.06. The van der Waals surface area contributed by atoms with Crippen molar-refractivity contribution in [1.29, 1.82) is 0 Å². The maximum absolute atomic E-state index is 4.06. The van der Waals surface area contributed by atoms with Gasteiger partial charge in [0.25, 0.3) is 0 Å². The highest BCUT2D eigenvalue weighted by Gasteiger charge is 1.93. The summed E-state index contributed by atoms with van der Waals surface area (Å²) in [5, 5.41) is 1.18. The molecule has 2 rings (SSSR count). The van der Waals surface area contributed by atoms with Crippen molar-refractivity contribution in [1.82, 2.24) is 9.97 Å². The molecule has 0 unspecified atom stereocenters. The number of rotatable bonds is 0. The maximum Gasteiger partial charge on any atom is 0.106 e. The third-order valence-corrected chi connectivity index (χ3v) is 1.84. The molecule has 0 saturated carbocycles. The SMILES string of the molecule is Brc1cc2cc[nH]c2cn1. The minimum Gasteiger partial charge on any atom is -0.360 e. The van der Waals surface area contributed by atoms with Gasteiger partial charge in [0.2, 0.25) is 0 Å². The molecular weight excluding hydrogens is 192 g/mol. The van der Waals surface area contributed by atoms with Crippen LogP contribution in [-0.2, 0) is 0 Å². The lowest BCUT2D eigenvalue weighted by Crippen LogP contribution is -1.73. The first-order valence-corrected chi connectivity index (χ1v) is 3.74. The Kier molecular flexibility index (Phi) is 1.24. The fourth-order valence-electron chi connectivity index (χ4n) is 0.924. The molecule has 10 heavy (non-hydrogen) atoms. The largest absolute Gasteiger partial charge is 0.360 e. The fraction of sp³-hybridized carbons (Fsp3) is 0. The van der Waals surface area contributed by atoms with E-state index in [0.29, 0.717) is 0 Å². The Balaban J connectivity index is 2.86. The van der Waals surface area contributed by atoms with Crippen LogP contribution in [0, 0.1) is 0 Å². The molecule has 2 heterocycles. The second kappa shape index (κ2) is 2.09. The van der Waals surface area contributed by atoms with Gasteiger partial charge in [0.15, 0.2) is 0 Å². The molecular formula is C7H5BrN2. The first kappa shape index (κ1) is 5.92. The van der Waals surface area contributed by atoms with Crippen LogP contribution in [0.3, 0.4) is 0 Å². The monoisotopic (exact) mass is 196 g/mol. The standard InChI is InChI=1S/C7H5BrN2/c8-7-3-5-1-2-9-6(5)4-10-7/h1-4,9H. The van der Waals surface area contributed by atoms with Crippen molar-refractivity contribution in [3.63, 3.8) is 0 Å². The Labute approximate surface area is 66.4 Å². The number of pyridine rings is 1. The van der Waals surface area contributed by atoms with E-state index in [2.05, 4.69) is 25.9 Å². The van der Waals surface area contributed by atoms with Crippen LogP contribution in [0.2, 0.25) is 0 Å². The lowest BCUT2D eigenvalue weighted by atomic mass is 10.3. The number of nitrogens with zero attached hydrogens (tertiary/aromatic N) is 1. The van der Waals surface area contributed by atoms with E-state index in [1.807, 2.05) is 18.3 Å². The summed E-state index contributed by atoms with van der Waals surface area (Å²) in [4.78, 5) is 7.13. The van der Waals surface area contributed by atoms with E-state index in [0.717, 1.165) is 10.1 Å². The van der Waals surface area contributed by atoms with E-state index in [4.69, 9.17) is 0 Å². The number of H-pyrrole nitrogens is 1. The van der Waals surface area contributed by atoms with Gasteiger partial charge in [0.05, 0.1) is 11.7 Å². The summed E-state index contributed by atoms with van der Waals surface area (Å²) in [6, 6.07) is 3.99. The van der Waals surface area contributed by atoms with Gasteiger partial charge in [-0.1, -0.05) is 0 Å². The van der Waals surface area contributed by atoms with Crippen LogP contribution in [0.25, 0.3) is 10.9 Å².